The van der Waals surface area contributed by atoms with E-state index in [1.165, 1.54) is 0 Å². The lowest BCUT2D eigenvalue weighted by atomic mass is 10.0. The van der Waals surface area contributed by atoms with E-state index in [1.807, 2.05) is 46.0 Å². The van der Waals surface area contributed by atoms with Crippen LogP contribution in [0, 0.1) is 5.41 Å². The standard InChI is InChI=1S/C13H22N2O2S/c1-13(2,3)10-18(16,17)15-12-7-5-6-11(8-12)9-14-4/h5-8,14-15H,9-10H2,1-4H3. The Morgan fingerprint density at radius 1 is 1.22 bits per heavy atom. The average molecular weight is 270 g/mol. The molecule has 18 heavy (non-hydrogen) atoms. The summed E-state index contributed by atoms with van der Waals surface area (Å²) in [6, 6.07) is 7.41. The van der Waals surface area contributed by atoms with Gasteiger partial charge >= 0.3 is 0 Å². The van der Waals surface area contributed by atoms with E-state index in [1.54, 1.807) is 6.07 Å². The van der Waals surface area contributed by atoms with Crippen LogP contribution < -0.4 is 10.0 Å². The summed E-state index contributed by atoms with van der Waals surface area (Å²) in [5.41, 5.74) is 1.41. The molecule has 1 rings (SSSR count). The van der Waals surface area contributed by atoms with Crippen molar-refractivity contribution in [2.75, 3.05) is 17.5 Å². The maximum absolute atomic E-state index is 12.0. The first-order chi connectivity index (χ1) is 8.22. The van der Waals surface area contributed by atoms with E-state index in [2.05, 4.69) is 10.0 Å². The maximum atomic E-state index is 12.0. The van der Waals surface area contributed by atoms with Crippen LogP contribution in [-0.4, -0.2) is 21.2 Å². The zero-order valence-electron chi connectivity index (χ0n) is 11.4. The van der Waals surface area contributed by atoms with Gasteiger partial charge in [-0.15, -0.1) is 0 Å². The summed E-state index contributed by atoms with van der Waals surface area (Å²) in [5.74, 6) is 0.107. The Morgan fingerprint density at radius 3 is 2.44 bits per heavy atom. The predicted molar refractivity (Wildman–Crippen MR) is 76.1 cm³/mol. The molecule has 0 amide bonds. The normalized spacial score (nSPS) is 12.4. The van der Waals surface area contributed by atoms with Crippen LogP contribution in [0.15, 0.2) is 24.3 Å². The second kappa shape index (κ2) is 5.71. The minimum atomic E-state index is -3.29. The fourth-order valence-corrected chi connectivity index (χ4v) is 3.43. The molecule has 0 aliphatic heterocycles. The molecule has 0 saturated heterocycles. The highest BCUT2D eigenvalue weighted by atomic mass is 32.2. The van der Waals surface area contributed by atoms with Crippen LogP contribution in [0.2, 0.25) is 0 Å². The summed E-state index contributed by atoms with van der Waals surface area (Å²) in [5, 5.41) is 3.04. The number of anilines is 1. The lowest BCUT2D eigenvalue weighted by Gasteiger charge is -2.19. The zero-order valence-corrected chi connectivity index (χ0v) is 12.3. The maximum Gasteiger partial charge on any atom is 0.233 e. The summed E-state index contributed by atoms with van der Waals surface area (Å²) < 4.78 is 26.5. The third-order valence-electron chi connectivity index (χ3n) is 2.20. The van der Waals surface area contributed by atoms with Gasteiger partial charge in [-0.25, -0.2) is 8.42 Å². The van der Waals surface area contributed by atoms with Crippen LogP contribution in [0.5, 0.6) is 0 Å². The highest BCUT2D eigenvalue weighted by Crippen LogP contribution is 2.19. The molecule has 0 bridgehead atoms. The number of sulfonamides is 1. The Bertz CT molecular complexity index is 490. The van der Waals surface area contributed by atoms with Crippen molar-refractivity contribution in [1.82, 2.24) is 5.32 Å². The van der Waals surface area contributed by atoms with Gasteiger partial charge in [-0.2, -0.15) is 0 Å². The molecule has 0 spiro atoms. The number of hydrogen-bond acceptors (Lipinski definition) is 3. The molecule has 0 heterocycles. The minimum Gasteiger partial charge on any atom is -0.316 e. The summed E-state index contributed by atoms with van der Waals surface area (Å²) in [7, 11) is -1.44. The smallest absolute Gasteiger partial charge is 0.233 e. The molecule has 0 aliphatic rings. The topological polar surface area (TPSA) is 58.2 Å². The van der Waals surface area contributed by atoms with Crippen LogP contribution in [0.4, 0.5) is 5.69 Å². The summed E-state index contributed by atoms with van der Waals surface area (Å²) >= 11 is 0. The van der Waals surface area contributed by atoms with Gasteiger partial charge in [0, 0.05) is 12.2 Å². The van der Waals surface area contributed by atoms with Crippen molar-refractivity contribution in [3.05, 3.63) is 29.8 Å². The number of nitrogens with one attached hydrogen (secondary N) is 2. The van der Waals surface area contributed by atoms with Crippen LogP contribution in [0.1, 0.15) is 26.3 Å². The first-order valence-corrected chi connectivity index (χ1v) is 7.61. The molecule has 0 aromatic heterocycles. The second-order valence-corrected chi connectivity index (χ2v) is 7.37. The van der Waals surface area contributed by atoms with Crippen molar-refractivity contribution in [3.8, 4) is 0 Å². The third-order valence-corrected chi connectivity index (χ3v) is 4.00. The summed E-state index contributed by atoms with van der Waals surface area (Å²) in [6.45, 7) is 6.44. The largest absolute Gasteiger partial charge is 0.316 e. The van der Waals surface area contributed by atoms with Crippen LogP contribution in [0.25, 0.3) is 0 Å². The third kappa shape index (κ3) is 5.51. The molecular weight excluding hydrogens is 248 g/mol. The van der Waals surface area contributed by atoms with Gasteiger partial charge in [0.25, 0.3) is 0 Å². The lowest BCUT2D eigenvalue weighted by Crippen LogP contribution is -2.26. The van der Waals surface area contributed by atoms with Gasteiger partial charge in [0.05, 0.1) is 5.75 Å². The van der Waals surface area contributed by atoms with Crippen LogP contribution in [-0.2, 0) is 16.6 Å². The molecule has 1 aromatic rings. The zero-order chi connectivity index (χ0) is 13.8. The molecule has 0 aliphatic carbocycles. The van der Waals surface area contributed by atoms with Crippen molar-refractivity contribution in [2.45, 2.75) is 27.3 Å². The Labute approximate surface area is 110 Å². The highest BCUT2D eigenvalue weighted by molar-refractivity contribution is 7.92. The first kappa shape index (κ1) is 15.0. The van der Waals surface area contributed by atoms with Gasteiger partial charge in [0.2, 0.25) is 10.0 Å². The van der Waals surface area contributed by atoms with Crippen LogP contribution >= 0.6 is 0 Å². The molecule has 4 nitrogen and oxygen atoms in total. The first-order valence-electron chi connectivity index (χ1n) is 5.96. The molecular formula is C13H22N2O2S. The van der Waals surface area contributed by atoms with Gasteiger partial charge < -0.3 is 5.32 Å². The summed E-state index contributed by atoms with van der Waals surface area (Å²) in [4.78, 5) is 0. The number of hydrogen-bond donors (Lipinski definition) is 2. The molecule has 0 fully saturated rings. The van der Waals surface area contributed by atoms with Crippen molar-refractivity contribution >= 4 is 15.7 Å². The molecule has 0 saturated carbocycles. The fraction of sp³-hybridized carbons (Fsp3) is 0.538. The SMILES string of the molecule is CNCc1cccc(NS(=O)(=O)CC(C)(C)C)c1. The van der Waals surface area contributed by atoms with Crippen LogP contribution in [0.3, 0.4) is 0 Å². The Morgan fingerprint density at radius 2 is 1.89 bits per heavy atom. The fourth-order valence-electron chi connectivity index (χ4n) is 1.73. The van der Waals surface area contributed by atoms with E-state index < -0.39 is 10.0 Å². The van der Waals surface area contributed by atoms with Gasteiger partial charge in [-0.05, 0) is 30.2 Å². The van der Waals surface area contributed by atoms with Crippen molar-refractivity contribution < 1.29 is 8.42 Å². The van der Waals surface area contributed by atoms with Crippen molar-refractivity contribution in [1.29, 1.82) is 0 Å². The molecule has 1 aromatic carbocycles. The van der Waals surface area contributed by atoms with E-state index in [9.17, 15) is 8.42 Å². The van der Waals surface area contributed by atoms with E-state index in [4.69, 9.17) is 0 Å². The van der Waals surface area contributed by atoms with E-state index in [0.717, 1.165) is 12.1 Å². The van der Waals surface area contributed by atoms with Gasteiger partial charge in [0.1, 0.15) is 0 Å². The molecule has 0 radical (unpaired) electrons. The summed E-state index contributed by atoms with van der Waals surface area (Å²) in [6.07, 6.45) is 0. The van der Waals surface area contributed by atoms with Crippen molar-refractivity contribution in [3.63, 3.8) is 0 Å². The van der Waals surface area contributed by atoms with E-state index >= 15 is 0 Å². The molecule has 2 N–H and O–H groups in total. The Kier molecular flexibility index (Phi) is 4.76. The lowest BCUT2D eigenvalue weighted by molar-refractivity contribution is 0.463. The van der Waals surface area contributed by atoms with Gasteiger partial charge in [0.15, 0.2) is 0 Å². The number of rotatable bonds is 5. The Balaban J connectivity index is 2.81. The molecule has 0 atom stereocenters. The van der Waals surface area contributed by atoms with Gasteiger partial charge in [-0.3, -0.25) is 4.72 Å². The quantitative estimate of drug-likeness (QED) is 0.862. The Hall–Kier alpha value is -1.07. The molecule has 5 heteroatoms. The molecule has 102 valence electrons. The predicted octanol–water partition coefficient (Wildman–Crippen LogP) is 2.19. The monoisotopic (exact) mass is 270 g/mol. The average Bonchev–Trinajstić information content (AvgIpc) is 2.13. The minimum absolute atomic E-state index is 0.107. The van der Waals surface area contributed by atoms with Crippen molar-refractivity contribution in [2.24, 2.45) is 5.41 Å². The highest BCUT2D eigenvalue weighted by Gasteiger charge is 2.21. The molecule has 0 unspecified atom stereocenters. The van der Waals surface area contributed by atoms with E-state index in [0.29, 0.717) is 5.69 Å². The van der Waals surface area contributed by atoms with E-state index in [-0.39, 0.29) is 11.2 Å². The number of benzene rings is 1. The van der Waals surface area contributed by atoms with Gasteiger partial charge in [-0.1, -0.05) is 32.9 Å². The second-order valence-electron chi connectivity index (χ2n) is 5.65.